The van der Waals surface area contributed by atoms with Gasteiger partial charge in [-0.25, -0.2) is 4.79 Å². The van der Waals surface area contributed by atoms with Gasteiger partial charge >= 0.3 is 19.8 Å². The molecule has 0 spiro atoms. The predicted octanol–water partition coefficient (Wildman–Crippen LogP) is -0.861. The Balaban J connectivity index is 0. The highest BCUT2D eigenvalue weighted by Crippen LogP contribution is 2.13. The second-order valence-corrected chi connectivity index (χ2v) is 0.918. The van der Waals surface area contributed by atoms with Crippen molar-refractivity contribution in [3.63, 3.8) is 0 Å². The lowest BCUT2D eigenvalue weighted by Crippen LogP contribution is -2.21. The first-order chi connectivity index (χ1) is 4.36. The molecular weight excluding hydrogens is 156 g/mol. The molecule has 0 aliphatic rings. The number of carbonyl (C=O) groups is 1. The molecule has 0 aliphatic carbocycles. The summed E-state index contributed by atoms with van der Waals surface area (Å²) >= 11 is 0. The van der Waals surface area contributed by atoms with E-state index in [0.29, 0.717) is 0 Å². The van der Waals surface area contributed by atoms with Crippen LogP contribution in [0.25, 0.3) is 0 Å². The Labute approximate surface area is 54.2 Å². The van der Waals surface area contributed by atoms with Crippen LogP contribution in [-0.2, 0) is 4.79 Å². The summed E-state index contributed by atoms with van der Waals surface area (Å²) < 4.78 is 31.7. The molecule has 0 atom stereocenters. The van der Waals surface area contributed by atoms with Gasteiger partial charge < -0.3 is 15.2 Å². The molecular formula is C2H3BF3O4. The fourth-order valence-corrected chi connectivity index (χ4v) is 0. The predicted molar refractivity (Wildman–Crippen MR) is 23.9 cm³/mol. The van der Waals surface area contributed by atoms with Crippen LogP contribution in [0.1, 0.15) is 0 Å². The molecule has 0 aliphatic heterocycles. The molecule has 8 heteroatoms. The van der Waals surface area contributed by atoms with Gasteiger partial charge in [-0.15, -0.1) is 0 Å². The van der Waals surface area contributed by atoms with Gasteiger partial charge in [0.25, 0.3) is 0 Å². The summed E-state index contributed by atoms with van der Waals surface area (Å²) in [6.45, 7) is 0. The minimum absolute atomic E-state index is 0. The lowest BCUT2D eigenvalue weighted by molar-refractivity contribution is -0.192. The summed E-state index contributed by atoms with van der Waals surface area (Å²) in [7, 11) is 0. The second-order valence-electron chi connectivity index (χ2n) is 0.918. The Morgan fingerprint density at radius 3 is 1.40 bits per heavy atom. The van der Waals surface area contributed by atoms with Crippen LogP contribution < -0.4 is 0 Å². The van der Waals surface area contributed by atoms with Gasteiger partial charge in [0.15, 0.2) is 0 Å². The maximum Gasteiger partial charge on any atom is 0.490 e. The highest BCUT2D eigenvalue weighted by Gasteiger charge is 2.38. The van der Waals surface area contributed by atoms with Crippen molar-refractivity contribution in [3.05, 3.63) is 0 Å². The largest absolute Gasteiger partial charge is 0.490 e. The van der Waals surface area contributed by atoms with E-state index in [0.717, 1.165) is 0 Å². The zero-order valence-corrected chi connectivity index (χ0v) is 4.46. The van der Waals surface area contributed by atoms with E-state index < -0.39 is 12.1 Å². The summed E-state index contributed by atoms with van der Waals surface area (Å²) in [6, 6.07) is 0. The molecule has 0 rings (SSSR count). The van der Waals surface area contributed by atoms with Crippen LogP contribution in [0.2, 0.25) is 0 Å². The lowest BCUT2D eigenvalue weighted by Gasteiger charge is -1.93. The van der Waals surface area contributed by atoms with Crippen molar-refractivity contribution in [1.82, 2.24) is 0 Å². The van der Waals surface area contributed by atoms with Gasteiger partial charge in [0.05, 0.1) is 0 Å². The molecule has 0 aromatic carbocycles. The number of aliphatic carboxylic acids is 1. The summed E-state index contributed by atoms with van der Waals surface area (Å²) in [4.78, 5) is 8.90. The Bertz CT molecular complexity index is 101. The van der Waals surface area contributed by atoms with Crippen LogP contribution in [0.5, 0.6) is 0 Å². The van der Waals surface area contributed by atoms with Gasteiger partial charge in [-0.1, -0.05) is 0 Å². The third kappa shape index (κ3) is 10.3. The van der Waals surface area contributed by atoms with Crippen molar-refractivity contribution in [2.24, 2.45) is 0 Å². The Morgan fingerprint density at radius 1 is 1.30 bits per heavy atom. The zero-order chi connectivity index (χ0) is 8.78. The van der Waals surface area contributed by atoms with Crippen molar-refractivity contribution in [3.8, 4) is 0 Å². The molecule has 0 aromatic heterocycles. The maximum atomic E-state index is 10.6. The van der Waals surface area contributed by atoms with Gasteiger partial charge in [0, 0.05) is 0 Å². The molecule has 0 amide bonds. The van der Waals surface area contributed by atoms with Crippen LogP contribution in [-0.4, -0.2) is 35.0 Å². The third-order valence-electron chi connectivity index (χ3n) is 0.243. The standard InChI is InChI=1S/C2HF3O2.BH2O2/c3-2(4,5)1(6)7;2-1-3/h(H,6,7);2-3H. The Kier molecular flexibility index (Phi) is 6.06. The fraction of sp³-hybridized carbons (Fsp3) is 0.500. The highest BCUT2D eigenvalue weighted by molar-refractivity contribution is 6.13. The summed E-state index contributed by atoms with van der Waals surface area (Å²) in [5, 5.41) is 21.1. The zero-order valence-electron chi connectivity index (χ0n) is 4.46. The number of halogens is 3. The van der Waals surface area contributed by atoms with Crippen LogP contribution in [0.4, 0.5) is 13.2 Å². The molecule has 0 fully saturated rings. The molecule has 3 N–H and O–H groups in total. The van der Waals surface area contributed by atoms with Crippen LogP contribution in [0, 0.1) is 0 Å². The summed E-state index contributed by atoms with van der Waals surface area (Å²) in [5.74, 6) is -2.76. The third-order valence-corrected chi connectivity index (χ3v) is 0.243. The second kappa shape index (κ2) is 5.06. The quantitative estimate of drug-likeness (QED) is 0.401. The van der Waals surface area contributed by atoms with Gasteiger partial charge in [0.1, 0.15) is 0 Å². The fourth-order valence-electron chi connectivity index (χ4n) is 0. The minimum atomic E-state index is -5.08. The van der Waals surface area contributed by atoms with Crippen molar-refractivity contribution >= 4 is 13.7 Å². The number of rotatable bonds is 0. The van der Waals surface area contributed by atoms with Crippen LogP contribution >= 0.6 is 0 Å². The molecule has 4 nitrogen and oxygen atoms in total. The van der Waals surface area contributed by atoms with Crippen molar-refractivity contribution < 1.29 is 33.1 Å². The summed E-state index contributed by atoms with van der Waals surface area (Å²) in [6.07, 6.45) is -5.08. The molecule has 0 unspecified atom stereocenters. The molecule has 59 valence electrons. The normalized spacial score (nSPS) is 9.30. The molecule has 0 heterocycles. The molecule has 0 bridgehead atoms. The average molecular weight is 159 g/mol. The average Bonchev–Trinajstić information content (AvgIpc) is 1.64. The van der Waals surface area contributed by atoms with Crippen molar-refractivity contribution in [1.29, 1.82) is 0 Å². The van der Waals surface area contributed by atoms with Gasteiger partial charge in [0.2, 0.25) is 0 Å². The van der Waals surface area contributed by atoms with E-state index in [2.05, 4.69) is 0 Å². The van der Waals surface area contributed by atoms with Crippen LogP contribution in [0.15, 0.2) is 0 Å². The van der Waals surface area contributed by atoms with Gasteiger partial charge in [-0.2, -0.15) is 13.2 Å². The Morgan fingerprint density at radius 2 is 1.40 bits per heavy atom. The van der Waals surface area contributed by atoms with E-state index in [1.807, 2.05) is 0 Å². The first-order valence-electron chi connectivity index (χ1n) is 1.76. The number of hydrogen-bond acceptors (Lipinski definition) is 3. The SMILES string of the molecule is O=C(O)C(F)(F)F.O[B]O. The smallest absolute Gasteiger partial charge is 0.475 e. The van der Waals surface area contributed by atoms with E-state index >= 15 is 0 Å². The molecule has 0 saturated heterocycles. The number of carboxylic acids is 1. The molecule has 0 saturated carbocycles. The van der Waals surface area contributed by atoms with E-state index in [1.54, 1.807) is 0 Å². The first kappa shape index (κ1) is 12.0. The van der Waals surface area contributed by atoms with Gasteiger partial charge in [-0.05, 0) is 0 Å². The first-order valence-corrected chi connectivity index (χ1v) is 1.76. The number of alkyl halides is 3. The topological polar surface area (TPSA) is 77.8 Å². The summed E-state index contributed by atoms with van der Waals surface area (Å²) in [5.41, 5.74) is 0. The van der Waals surface area contributed by atoms with Crippen LogP contribution in [0.3, 0.4) is 0 Å². The van der Waals surface area contributed by atoms with E-state index in [4.69, 9.17) is 19.9 Å². The maximum absolute atomic E-state index is 10.6. The number of carboxylic acid groups (broad SMARTS) is 1. The monoisotopic (exact) mass is 159 g/mol. The van der Waals surface area contributed by atoms with Crippen molar-refractivity contribution in [2.45, 2.75) is 6.18 Å². The minimum Gasteiger partial charge on any atom is -0.475 e. The van der Waals surface area contributed by atoms with Crippen molar-refractivity contribution in [2.75, 3.05) is 0 Å². The van der Waals surface area contributed by atoms with E-state index in [-0.39, 0.29) is 7.69 Å². The Hall–Kier alpha value is -0.755. The number of hydrogen-bond donors (Lipinski definition) is 3. The van der Waals surface area contributed by atoms with E-state index in [9.17, 15) is 13.2 Å². The molecule has 1 radical (unpaired) electrons. The highest BCUT2D eigenvalue weighted by atomic mass is 19.4. The van der Waals surface area contributed by atoms with Gasteiger partial charge in [-0.3, -0.25) is 0 Å². The molecule has 0 aromatic rings. The lowest BCUT2D eigenvalue weighted by atomic mass is 10.5. The molecule has 10 heavy (non-hydrogen) atoms. The van der Waals surface area contributed by atoms with E-state index in [1.165, 1.54) is 0 Å².